The van der Waals surface area contributed by atoms with Crippen LogP contribution in [0.3, 0.4) is 0 Å². The van der Waals surface area contributed by atoms with E-state index < -0.39 is 13.7 Å². The number of aryl methyl sites for hydroxylation is 18. The van der Waals surface area contributed by atoms with E-state index in [1.165, 1.54) is 128 Å². The molecule has 17 aromatic rings. The summed E-state index contributed by atoms with van der Waals surface area (Å²) in [6.07, 6.45) is 8.46. The lowest BCUT2D eigenvalue weighted by molar-refractivity contribution is -0.659. The Morgan fingerprint density at radius 3 is 1.18 bits per heavy atom. The minimum Gasteiger partial charge on any atom is -0.233 e. The number of hydrogen-bond acceptors (Lipinski definition) is 0. The van der Waals surface area contributed by atoms with Crippen LogP contribution in [0, 0.1) is 82.9 Å². The predicted molar refractivity (Wildman–Crippen MR) is 477 cm³/mol. The van der Waals surface area contributed by atoms with E-state index in [0.29, 0.717) is 17.0 Å². The Bertz CT molecular complexity index is 6550. The van der Waals surface area contributed by atoms with Gasteiger partial charge in [0.25, 0.3) is 17.5 Å². The van der Waals surface area contributed by atoms with Gasteiger partial charge in [0.2, 0.25) is 33.6 Å². The smallest absolute Gasteiger partial charge is 0.233 e. The highest BCUT2D eigenvalue weighted by Crippen LogP contribution is 2.34. The van der Waals surface area contributed by atoms with Crippen LogP contribution >= 0.6 is 0 Å². The van der Waals surface area contributed by atoms with Crippen LogP contribution in [0.4, 0.5) is 0 Å². The maximum atomic E-state index is 7.78. The molecule has 17 rings (SSSR count). The molecule has 11 aromatic carbocycles. The number of pyridine rings is 3. The Balaban J connectivity index is 0.000000133. The third kappa shape index (κ3) is 17.3. The number of rotatable bonds is 8. The van der Waals surface area contributed by atoms with Crippen LogP contribution in [-0.2, 0) is 56.4 Å². The van der Waals surface area contributed by atoms with Gasteiger partial charge in [-0.15, -0.1) is 0 Å². The van der Waals surface area contributed by atoms with Crippen molar-refractivity contribution in [2.75, 3.05) is 0 Å². The Morgan fingerprint density at radius 1 is 0.307 bits per heavy atom. The zero-order valence-electron chi connectivity index (χ0n) is 76.3. The van der Waals surface area contributed by atoms with Gasteiger partial charge in [0.05, 0.1) is 51.9 Å². The third-order valence-corrected chi connectivity index (χ3v) is 22.4. The van der Waals surface area contributed by atoms with Gasteiger partial charge in [-0.2, -0.15) is 18.3 Å². The van der Waals surface area contributed by atoms with Crippen molar-refractivity contribution in [3.63, 3.8) is 0 Å². The highest BCUT2D eigenvalue weighted by atomic mass is 15.2. The molecule has 0 amide bonds. The van der Waals surface area contributed by atoms with Crippen LogP contribution < -0.4 is 27.4 Å². The predicted octanol–water partition coefficient (Wildman–Crippen LogP) is 22.0. The van der Waals surface area contributed by atoms with Gasteiger partial charge in [0.15, 0.2) is 11.0 Å². The molecular formula is C105H115N9+6. The molecule has 0 spiro atoms. The summed E-state index contributed by atoms with van der Waals surface area (Å²) in [6, 6.07) is 92.1. The molecule has 0 N–H and O–H groups in total. The van der Waals surface area contributed by atoms with Gasteiger partial charge in [0, 0.05) is 83.0 Å². The minimum atomic E-state index is -2.10. The standard InChI is InChI=1S/C21H25N2.2C19H20N.C18H18N.C16H17N2.C12H15N2/c1-15(2)18-12-8-10-17(4)20(18)23-14-13-22(5)21(23)19-11-7-6-9-16(19)3;2*1-13-11-14(2)15(3)17(12-13)19-10-9-16-7-5-6-8-18(16)20(19)4;1-13-8-10-16(14(2)12-13)18-11-9-15-6-4-5-7-17(15)19(18)3;1-12-8-4-5-9-13(12)16-17(2)14-10-6-7-11-15(14)18(16)3;1-10-6-4-5-7-11(10)12-13(2)8-9-14(12)3/h6-15H,1-5H3;2*5-12H,1-4H3;4-12H,1-3H3;4-11H,1-3H3;4-9H,1-3H3/q6*+1/i;2D3;;1D3;;. The summed E-state index contributed by atoms with van der Waals surface area (Å²) in [5, 5.41) is 3.63. The second-order valence-corrected chi connectivity index (χ2v) is 30.8. The summed E-state index contributed by atoms with van der Waals surface area (Å²) in [5.74, 6) is 4.19. The number of nitrogens with zero attached hydrogens (tertiary/aromatic N) is 9. The van der Waals surface area contributed by atoms with Crippen molar-refractivity contribution < 1.29 is 35.6 Å². The average molecular weight is 1510 g/mol. The summed E-state index contributed by atoms with van der Waals surface area (Å²) in [7, 11) is 16.7. The van der Waals surface area contributed by atoms with Crippen LogP contribution in [0.15, 0.2) is 292 Å². The molecular weight excluding hydrogens is 1390 g/mol. The molecule has 0 saturated heterocycles. The topological polar surface area (TPSA) is 38.1 Å². The largest absolute Gasteiger partial charge is 0.294 e. The monoisotopic (exact) mass is 1510 g/mol. The Morgan fingerprint density at radius 2 is 0.719 bits per heavy atom. The van der Waals surface area contributed by atoms with Crippen molar-refractivity contribution in [1.82, 2.24) is 13.7 Å². The van der Waals surface area contributed by atoms with Gasteiger partial charge in [-0.1, -0.05) is 176 Å². The summed E-state index contributed by atoms with van der Waals surface area (Å²) in [4.78, 5) is 0. The lowest BCUT2D eigenvalue weighted by atomic mass is 9.97. The number of hydrogen-bond donors (Lipinski definition) is 0. The van der Waals surface area contributed by atoms with Crippen molar-refractivity contribution in [3.05, 3.63) is 364 Å². The number of imidazole rings is 3. The molecule has 0 aliphatic rings. The van der Waals surface area contributed by atoms with Gasteiger partial charge >= 0.3 is 0 Å². The number of para-hydroxylation sites is 6. The molecule has 6 heterocycles. The normalized spacial score (nSPS) is 12.0. The molecule has 114 heavy (non-hydrogen) atoms. The zero-order valence-corrected chi connectivity index (χ0v) is 70.3. The van der Waals surface area contributed by atoms with Crippen molar-refractivity contribution in [3.8, 4) is 73.6 Å². The lowest BCUT2D eigenvalue weighted by Crippen LogP contribution is -2.32. The van der Waals surface area contributed by atoms with E-state index in [1.807, 2.05) is 65.2 Å². The molecule has 0 atom stereocenters. The molecule has 0 fully saturated rings. The van der Waals surface area contributed by atoms with E-state index in [-0.39, 0.29) is 0 Å². The highest BCUT2D eigenvalue weighted by Gasteiger charge is 2.27. The molecule has 0 aliphatic carbocycles. The van der Waals surface area contributed by atoms with E-state index in [1.54, 1.807) is 18.2 Å². The average Bonchev–Trinajstić information content (AvgIpc) is 1.30. The first-order chi connectivity index (χ1) is 57.1. The summed E-state index contributed by atoms with van der Waals surface area (Å²) in [6.45, 7) is 21.4. The minimum absolute atomic E-state index is 0.386. The van der Waals surface area contributed by atoms with Crippen LogP contribution in [-0.4, -0.2) is 13.7 Å². The van der Waals surface area contributed by atoms with E-state index in [9.17, 15) is 0 Å². The zero-order chi connectivity index (χ0) is 86.3. The van der Waals surface area contributed by atoms with Crippen LogP contribution in [0.1, 0.15) is 100 Å². The first kappa shape index (κ1) is 73.0. The molecule has 9 heteroatoms. The van der Waals surface area contributed by atoms with Crippen molar-refractivity contribution in [2.24, 2.45) is 56.4 Å². The second kappa shape index (κ2) is 35.5. The summed E-state index contributed by atoms with van der Waals surface area (Å²) < 4.78 is 65.8. The van der Waals surface area contributed by atoms with E-state index >= 15 is 0 Å². The molecule has 0 aliphatic heterocycles. The summed E-state index contributed by atoms with van der Waals surface area (Å²) >= 11 is 0. The van der Waals surface area contributed by atoms with E-state index in [4.69, 9.17) is 8.22 Å². The Labute approximate surface area is 686 Å². The van der Waals surface area contributed by atoms with Crippen LogP contribution in [0.25, 0.3) is 117 Å². The summed E-state index contributed by atoms with van der Waals surface area (Å²) in [5.41, 5.74) is 32.2. The SMILES string of the molecule is Cc1cc(C)c(C)c(-c2ccc3ccccc3[n+]2C)c1.Cc1ccccc1-c1n(-c2c(C)cccc2C(C)C)cc[n+]1C.Cc1ccccc1-c1n(C)c2ccccc2[n+]1C.Cc1ccccc1-c1n(C)cc[n+]1C.[2H]C([2H])([2H])c1cc(C)cc(-c2ccc3ccccc3[n+]2C)c1C.[2H]C([2H])([2H])c1ccc(-c2ccc3ccccc3[n+]2C)c(C)c1. The fourth-order valence-electron chi connectivity index (χ4n) is 16.0. The molecule has 0 bridgehead atoms. The van der Waals surface area contributed by atoms with Crippen molar-refractivity contribution >= 4 is 43.7 Å². The van der Waals surface area contributed by atoms with Gasteiger partial charge in [-0.3, -0.25) is 0 Å². The lowest BCUT2D eigenvalue weighted by Gasteiger charge is -2.14. The molecule has 0 radical (unpaired) electrons. The van der Waals surface area contributed by atoms with Gasteiger partial charge in [0.1, 0.15) is 51.6 Å². The number of aromatic nitrogens is 9. The second-order valence-electron chi connectivity index (χ2n) is 30.8. The van der Waals surface area contributed by atoms with Crippen LogP contribution in [0.2, 0.25) is 0 Å². The molecule has 574 valence electrons. The van der Waals surface area contributed by atoms with Crippen molar-refractivity contribution in [2.45, 2.75) is 103 Å². The molecule has 0 saturated carbocycles. The first-order valence-electron chi connectivity index (χ1n) is 42.4. The maximum Gasteiger partial charge on any atom is 0.294 e. The number of fused-ring (bicyclic) bond motifs is 4. The van der Waals surface area contributed by atoms with E-state index in [0.717, 1.165) is 50.2 Å². The molecule has 6 aromatic heterocycles. The highest BCUT2D eigenvalue weighted by molar-refractivity contribution is 5.81. The van der Waals surface area contributed by atoms with Crippen molar-refractivity contribution in [1.29, 1.82) is 0 Å². The van der Waals surface area contributed by atoms with Gasteiger partial charge < -0.3 is 0 Å². The molecule has 9 nitrogen and oxygen atoms in total. The van der Waals surface area contributed by atoms with E-state index in [2.05, 4.69) is 389 Å². The Kier molecular flexibility index (Phi) is 22.7. The molecule has 0 unspecified atom stereocenters. The third-order valence-electron chi connectivity index (χ3n) is 22.4. The quantitative estimate of drug-likeness (QED) is 0.136. The first-order valence-corrected chi connectivity index (χ1v) is 39.4. The number of benzene rings is 11. The fourth-order valence-corrected chi connectivity index (χ4v) is 16.0. The Hall–Kier alpha value is -12.5. The fraction of sp³-hybridized carbons (Fsp3) is 0.219. The maximum absolute atomic E-state index is 7.78. The van der Waals surface area contributed by atoms with Gasteiger partial charge in [-0.25, -0.2) is 22.8 Å². The van der Waals surface area contributed by atoms with Crippen LogP contribution in [0.5, 0.6) is 0 Å². The van der Waals surface area contributed by atoms with Gasteiger partial charge in [-0.05, 0) is 224 Å².